The first-order valence-corrected chi connectivity index (χ1v) is 9.78. The van der Waals surface area contributed by atoms with Crippen LogP contribution in [-0.4, -0.2) is 44.6 Å². The molecule has 1 aromatic carbocycles. The smallest absolute Gasteiger partial charge is 0.318 e. The van der Waals surface area contributed by atoms with Crippen molar-refractivity contribution in [3.63, 3.8) is 0 Å². The van der Waals surface area contributed by atoms with E-state index in [1.807, 2.05) is 0 Å². The summed E-state index contributed by atoms with van der Waals surface area (Å²) in [6, 6.07) is 4.45. The molecule has 0 aliphatic heterocycles. The van der Waals surface area contributed by atoms with Gasteiger partial charge < -0.3 is 4.42 Å². The van der Waals surface area contributed by atoms with Crippen molar-refractivity contribution in [2.45, 2.75) is 6.92 Å². The van der Waals surface area contributed by atoms with Crippen LogP contribution in [0.25, 0.3) is 0 Å². The average Bonchev–Trinajstić information content (AvgIpc) is 2.97. The fraction of sp³-hybridized carbons (Fsp3) is 0.0769. The van der Waals surface area contributed by atoms with Gasteiger partial charge in [-0.05, 0) is 0 Å². The molecule has 0 saturated heterocycles. The second-order valence-electron chi connectivity index (χ2n) is 4.47. The molecule has 134 valence electrons. The maximum atomic E-state index is 10.9. The Morgan fingerprint density at radius 1 is 1.36 bits per heavy atom. The molecule has 2 rings (SSSR count). The molecule has 0 bridgehead atoms. The first-order chi connectivity index (χ1) is 11.6. The van der Waals surface area contributed by atoms with Gasteiger partial charge in [0.2, 0.25) is 5.76 Å². The standard InChI is InChI=1S/C8H10AsNO5.C5H3NO4/c1-5(11)10-7-4-6(9(13,14)15)2-3-8(7)12;7-3-5-4(6(8)9)1-2-10-5/h2-4,12H,1H3,(H,10,11)(H2,13,14,15);1-3H. The summed E-state index contributed by atoms with van der Waals surface area (Å²) >= 11 is -4.98. The summed E-state index contributed by atoms with van der Waals surface area (Å²) in [4.78, 5) is 30.1. The van der Waals surface area contributed by atoms with Gasteiger partial charge in [0.25, 0.3) is 0 Å². The Balaban J connectivity index is 0.000000271. The summed E-state index contributed by atoms with van der Waals surface area (Å²) in [5, 5.41) is 21.6. The quantitative estimate of drug-likeness (QED) is 0.174. The van der Waals surface area contributed by atoms with E-state index in [1.54, 1.807) is 0 Å². The molecule has 1 heterocycles. The largest absolute Gasteiger partial charge is 0.454 e. The Bertz CT molecular complexity index is 840. The van der Waals surface area contributed by atoms with E-state index >= 15 is 0 Å². The number of phenols is 1. The first kappa shape index (κ1) is 20.2. The number of benzene rings is 1. The van der Waals surface area contributed by atoms with E-state index in [9.17, 15) is 28.5 Å². The Hall–Kier alpha value is -2.88. The van der Waals surface area contributed by atoms with Crippen LogP contribution >= 0.6 is 0 Å². The van der Waals surface area contributed by atoms with Gasteiger partial charge in [0.05, 0.1) is 17.3 Å². The molecular formula is C13H13AsN2O9. The Morgan fingerprint density at radius 3 is 2.44 bits per heavy atom. The maximum absolute atomic E-state index is 10.9. The van der Waals surface area contributed by atoms with Crippen LogP contribution < -0.4 is 9.67 Å². The molecule has 0 radical (unpaired) electrons. The summed E-state index contributed by atoms with van der Waals surface area (Å²) in [5.41, 5.74) is -0.306. The number of phenolic OH excluding ortho intramolecular Hbond substituents is 1. The SMILES string of the molecule is CC(=O)Nc1cc([As](=O)(O)O)ccc1O.O=Cc1occc1[N+](=O)[O-]. The van der Waals surface area contributed by atoms with E-state index in [0.29, 0.717) is 6.29 Å². The van der Waals surface area contributed by atoms with E-state index in [2.05, 4.69) is 9.73 Å². The van der Waals surface area contributed by atoms with Gasteiger partial charge in [0.15, 0.2) is 6.29 Å². The number of nitro groups is 1. The van der Waals surface area contributed by atoms with Crippen molar-refractivity contribution in [3.05, 3.63) is 46.4 Å². The molecule has 0 unspecified atom stereocenters. The van der Waals surface area contributed by atoms with Crippen LogP contribution in [0.4, 0.5) is 11.4 Å². The minimum atomic E-state index is -4.98. The van der Waals surface area contributed by atoms with Gasteiger partial charge in [-0.15, -0.1) is 0 Å². The zero-order valence-corrected chi connectivity index (χ0v) is 14.5. The molecule has 25 heavy (non-hydrogen) atoms. The van der Waals surface area contributed by atoms with Gasteiger partial charge in [-0.3, -0.25) is 14.9 Å². The zero-order valence-electron chi connectivity index (χ0n) is 12.6. The molecule has 2 aromatic rings. The van der Waals surface area contributed by atoms with E-state index in [4.69, 9.17) is 8.19 Å². The molecule has 0 atom stereocenters. The number of carbonyl (C=O) groups is 2. The number of nitrogens with one attached hydrogen (secondary N) is 1. The van der Waals surface area contributed by atoms with Crippen LogP contribution in [0, 0.1) is 10.1 Å². The molecule has 0 aliphatic carbocycles. The number of anilines is 1. The van der Waals surface area contributed by atoms with E-state index < -0.39 is 25.0 Å². The van der Waals surface area contributed by atoms with E-state index in [1.165, 1.54) is 6.92 Å². The number of rotatable bonds is 4. The third kappa shape index (κ3) is 5.92. The fourth-order valence-electron chi connectivity index (χ4n) is 1.55. The van der Waals surface area contributed by atoms with Crippen LogP contribution in [0.2, 0.25) is 0 Å². The van der Waals surface area contributed by atoms with Crippen LogP contribution in [0.3, 0.4) is 0 Å². The Labute approximate surface area is 143 Å². The monoisotopic (exact) mass is 416 g/mol. The predicted octanol–water partition coefficient (Wildman–Crippen LogP) is -0.0881. The van der Waals surface area contributed by atoms with Crippen molar-refractivity contribution >= 4 is 42.1 Å². The number of aromatic hydroxyl groups is 1. The third-order valence-corrected chi connectivity index (χ3v) is 4.60. The third-order valence-electron chi connectivity index (χ3n) is 2.60. The van der Waals surface area contributed by atoms with Gasteiger partial charge in [-0.1, -0.05) is 0 Å². The Morgan fingerprint density at radius 2 is 2.00 bits per heavy atom. The fourth-order valence-corrected chi connectivity index (χ4v) is 2.74. The second kappa shape index (κ2) is 8.29. The summed E-state index contributed by atoms with van der Waals surface area (Å²) < 4.78 is 33.0. The van der Waals surface area contributed by atoms with Crippen molar-refractivity contribution in [3.8, 4) is 5.75 Å². The van der Waals surface area contributed by atoms with Crippen molar-refractivity contribution in [1.82, 2.24) is 0 Å². The zero-order chi connectivity index (χ0) is 19.2. The molecule has 0 fully saturated rings. The molecule has 12 heteroatoms. The molecule has 0 aliphatic rings. The molecule has 4 N–H and O–H groups in total. The van der Waals surface area contributed by atoms with Crippen LogP contribution in [0.1, 0.15) is 17.5 Å². The summed E-state index contributed by atoms with van der Waals surface area (Å²) in [7, 11) is 0. The summed E-state index contributed by atoms with van der Waals surface area (Å²) in [5.74, 6) is -0.914. The van der Waals surface area contributed by atoms with Crippen LogP contribution in [0.15, 0.2) is 34.9 Å². The van der Waals surface area contributed by atoms with Gasteiger partial charge in [-0.25, -0.2) is 0 Å². The summed E-state index contributed by atoms with van der Waals surface area (Å²) in [6.07, 6.45) is 1.40. The van der Waals surface area contributed by atoms with Crippen LogP contribution in [0.5, 0.6) is 5.75 Å². The number of hydrogen-bond donors (Lipinski definition) is 4. The average molecular weight is 416 g/mol. The maximum Gasteiger partial charge on any atom is 0.318 e. The van der Waals surface area contributed by atoms with Crippen molar-refractivity contribution in [1.29, 1.82) is 0 Å². The van der Waals surface area contributed by atoms with Gasteiger partial charge in [-0.2, -0.15) is 0 Å². The van der Waals surface area contributed by atoms with Crippen LogP contribution in [-0.2, 0) is 8.53 Å². The predicted molar refractivity (Wildman–Crippen MR) is 83.7 cm³/mol. The second-order valence-corrected chi connectivity index (χ2v) is 7.84. The Kier molecular flexibility index (Phi) is 6.68. The normalized spacial score (nSPS) is 10.4. The van der Waals surface area contributed by atoms with Crippen molar-refractivity contribution < 1.29 is 36.0 Å². The van der Waals surface area contributed by atoms with Gasteiger partial charge >= 0.3 is 93.8 Å². The van der Waals surface area contributed by atoms with Gasteiger partial charge in [0.1, 0.15) is 0 Å². The number of amides is 1. The topological polar surface area (TPSA) is 180 Å². The number of aldehydes is 1. The molecule has 0 spiro atoms. The first-order valence-electron chi connectivity index (χ1n) is 6.40. The number of nitrogens with zero attached hydrogens (tertiary/aromatic N) is 1. The minimum absolute atomic E-state index is 0.00951. The van der Waals surface area contributed by atoms with Crippen molar-refractivity contribution in [2.75, 3.05) is 5.32 Å². The van der Waals surface area contributed by atoms with E-state index in [0.717, 1.165) is 30.5 Å². The molecule has 1 aromatic heterocycles. The molecular weight excluding hydrogens is 403 g/mol. The number of hydrogen-bond acceptors (Lipinski definition) is 7. The van der Waals surface area contributed by atoms with E-state index in [-0.39, 0.29) is 27.2 Å². The minimum Gasteiger partial charge on any atom is -0.454 e. The molecule has 11 nitrogen and oxygen atoms in total. The summed E-state index contributed by atoms with van der Waals surface area (Å²) in [6.45, 7) is 1.23. The number of carbonyl (C=O) groups excluding carboxylic acids is 2. The van der Waals surface area contributed by atoms with Crippen molar-refractivity contribution in [2.24, 2.45) is 0 Å². The molecule has 1 amide bonds. The molecule has 0 saturated carbocycles. The van der Waals surface area contributed by atoms with Gasteiger partial charge in [0, 0.05) is 0 Å². The number of furan rings is 1.